The van der Waals surface area contributed by atoms with Crippen molar-refractivity contribution in [1.29, 1.82) is 0 Å². The third kappa shape index (κ3) is 60.1. The van der Waals surface area contributed by atoms with E-state index in [1.165, 1.54) is 218 Å². The van der Waals surface area contributed by atoms with E-state index in [0.29, 0.717) is 19.3 Å². The van der Waals surface area contributed by atoms with Gasteiger partial charge in [-0.3, -0.25) is 14.4 Å². The Kier molecular flexibility index (Phi) is 59.7. The molecule has 0 bridgehead atoms. The van der Waals surface area contributed by atoms with Crippen molar-refractivity contribution in [2.75, 3.05) is 13.2 Å². The first-order valence-electron chi connectivity index (χ1n) is 32.1. The van der Waals surface area contributed by atoms with Gasteiger partial charge in [0, 0.05) is 19.3 Å². The van der Waals surface area contributed by atoms with Crippen LogP contribution in [0.1, 0.15) is 342 Å². The summed E-state index contributed by atoms with van der Waals surface area (Å²) < 4.78 is 16.8. The Morgan fingerprint density at radius 3 is 0.836 bits per heavy atom. The molecule has 6 heteroatoms. The normalized spacial score (nSPS) is 12.3. The van der Waals surface area contributed by atoms with Crippen molar-refractivity contribution in [3.05, 3.63) is 48.6 Å². The van der Waals surface area contributed by atoms with Gasteiger partial charge in [0.15, 0.2) is 6.10 Å². The summed E-state index contributed by atoms with van der Waals surface area (Å²) in [6, 6.07) is 0. The first kappa shape index (κ1) is 70.4. The van der Waals surface area contributed by atoms with Crippen LogP contribution in [0.15, 0.2) is 48.6 Å². The SMILES string of the molecule is CC/C=C\C/C=C\C/C=C\C/C=C\CCCCCCCCCCCCCCC(=O)OCC(COC(=O)CCCCCCCC)OC(=O)CCCCCCCCCCCCCCCCCCCCCCCCCC. The van der Waals surface area contributed by atoms with Crippen molar-refractivity contribution in [2.45, 2.75) is 348 Å². The molecule has 0 aliphatic carbocycles. The molecule has 0 rings (SSSR count). The lowest BCUT2D eigenvalue weighted by Crippen LogP contribution is -2.30. The minimum atomic E-state index is -0.768. The van der Waals surface area contributed by atoms with Crippen molar-refractivity contribution >= 4 is 17.9 Å². The fraction of sp³-hybridized carbons (Fsp3) is 0.836. The van der Waals surface area contributed by atoms with Crippen molar-refractivity contribution < 1.29 is 28.6 Å². The number of unbranched alkanes of at least 4 members (excludes halogenated alkanes) is 40. The van der Waals surface area contributed by atoms with E-state index in [9.17, 15) is 14.4 Å². The highest BCUT2D eigenvalue weighted by Gasteiger charge is 2.19. The third-order valence-corrected chi connectivity index (χ3v) is 14.3. The monoisotopic (exact) mass is 1020 g/mol. The molecular weight excluding hydrogens is 901 g/mol. The maximum Gasteiger partial charge on any atom is 0.306 e. The van der Waals surface area contributed by atoms with E-state index in [1.807, 2.05) is 0 Å². The molecule has 0 saturated carbocycles. The van der Waals surface area contributed by atoms with Crippen LogP contribution in [0.5, 0.6) is 0 Å². The minimum absolute atomic E-state index is 0.0696. The van der Waals surface area contributed by atoms with Crippen LogP contribution in [0.4, 0.5) is 0 Å². The quantitative estimate of drug-likeness (QED) is 0.0261. The van der Waals surface area contributed by atoms with Gasteiger partial charge in [-0.15, -0.1) is 0 Å². The van der Waals surface area contributed by atoms with Crippen LogP contribution in [-0.4, -0.2) is 37.2 Å². The number of rotatable bonds is 59. The van der Waals surface area contributed by atoms with Crippen LogP contribution in [-0.2, 0) is 28.6 Å². The molecular formula is C67H122O6. The summed E-state index contributed by atoms with van der Waals surface area (Å²) in [6.07, 6.45) is 77.3. The maximum absolute atomic E-state index is 12.8. The molecule has 0 aromatic rings. The number of hydrogen-bond acceptors (Lipinski definition) is 6. The molecule has 6 nitrogen and oxygen atoms in total. The highest BCUT2D eigenvalue weighted by atomic mass is 16.6. The van der Waals surface area contributed by atoms with Gasteiger partial charge >= 0.3 is 17.9 Å². The summed E-state index contributed by atoms with van der Waals surface area (Å²) in [6.45, 7) is 6.52. The number of carbonyl (C=O) groups excluding carboxylic acids is 3. The Morgan fingerprint density at radius 2 is 0.534 bits per heavy atom. The largest absolute Gasteiger partial charge is 0.462 e. The summed E-state index contributed by atoms with van der Waals surface area (Å²) in [5.74, 6) is -0.861. The van der Waals surface area contributed by atoms with Crippen LogP contribution in [0.3, 0.4) is 0 Å². The van der Waals surface area contributed by atoms with E-state index < -0.39 is 6.10 Å². The Labute approximate surface area is 454 Å². The summed E-state index contributed by atoms with van der Waals surface area (Å²) in [5, 5.41) is 0. The van der Waals surface area contributed by atoms with E-state index in [2.05, 4.69) is 69.4 Å². The Bertz CT molecular complexity index is 1270. The highest BCUT2D eigenvalue weighted by Crippen LogP contribution is 2.18. The molecule has 0 fully saturated rings. The van der Waals surface area contributed by atoms with Gasteiger partial charge in [0.05, 0.1) is 0 Å². The second kappa shape index (κ2) is 61.9. The molecule has 0 aliphatic rings. The van der Waals surface area contributed by atoms with Crippen LogP contribution >= 0.6 is 0 Å². The van der Waals surface area contributed by atoms with Crippen molar-refractivity contribution in [3.63, 3.8) is 0 Å². The number of esters is 3. The second-order valence-corrected chi connectivity index (χ2v) is 21.7. The van der Waals surface area contributed by atoms with Gasteiger partial charge in [-0.1, -0.05) is 313 Å². The first-order chi connectivity index (χ1) is 36.0. The number of allylic oxidation sites excluding steroid dienone is 8. The highest BCUT2D eigenvalue weighted by molar-refractivity contribution is 5.71. The van der Waals surface area contributed by atoms with E-state index in [-0.39, 0.29) is 31.1 Å². The fourth-order valence-corrected chi connectivity index (χ4v) is 9.56. The number of ether oxygens (including phenoxy) is 3. The van der Waals surface area contributed by atoms with Gasteiger partial charge in [-0.25, -0.2) is 0 Å². The van der Waals surface area contributed by atoms with E-state index in [0.717, 1.165) is 83.5 Å². The van der Waals surface area contributed by atoms with Crippen LogP contribution in [0.25, 0.3) is 0 Å². The smallest absolute Gasteiger partial charge is 0.306 e. The first-order valence-corrected chi connectivity index (χ1v) is 32.1. The molecule has 0 spiro atoms. The molecule has 0 amide bonds. The Balaban J connectivity index is 4.04. The molecule has 73 heavy (non-hydrogen) atoms. The number of hydrogen-bond donors (Lipinski definition) is 0. The lowest BCUT2D eigenvalue weighted by molar-refractivity contribution is -0.167. The van der Waals surface area contributed by atoms with Crippen molar-refractivity contribution in [1.82, 2.24) is 0 Å². The van der Waals surface area contributed by atoms with Gasteiger partial charge in [0.25, 0.3) is 0 Å². The zero-order valence-electron chi connectivity index (χ0n) is 48.9. The average molecular weight is 1020 g/mol. The zero-order chi connectivity index (χ0) is 52.9. The molecule has 1 atom stereocenters. The molecule has 0 aromatic heterocycles. The topological polar surface area (TPSA) is 78.9 Å². The predicted molar refractivity (Wildman–Crippen MR) is 316 cm³/mol. The van der Waals surface area contributed by atoms with Gasteiger partial charge < -0.3 is 14.2 Å². The lowest BCUT2D eigenvalue weighted by atomic mass is 10.0. The summed E-state index contributed by atoms with van der Waals surface area (Å²) >= 11 is 0. The predicted octanol–water partition coefficient (Wildman–Crippen LogP) is 21.8. The summed E-state index contributed by atoms with van der Waals surface area (Å²) in [4.78, 5) is 38.0. The average Bonchev–Trinajstić information content (AvgIpc) is 3.39. The lowest BCUT2D eigenvalue weighted by Gasteiger charge is -2.18. The van der Waals surface area contributed by atoms with Crippen LogP contribution < -0.4 is 0 Å². The standard InChI is InChI=1S/C67H122O6/c1-4-7-10-13-16-18-20-22-24-26-28-30-32-34-36-37-39-41-43-45-47-49-51-54-57-60-66(69)72-63-64(62-71-65(68)59-56-53-15-12-9-6-3)73-67(70)61-58-55-52-50-48-46-44-42-40-38-35-33-31-29-27-25-23-21-19-17-14-11-8-5-2/h7,10,16,18,22,24,28,30,64H,4-6,8-9,11-15,17,19-21,23,25-27,29,31-63H2,1-3H3/b10-7-,18-16-,24-22-,30-28-. The molecule has 0 aromatic carbocycles. The van der Waals surface area contributed by atoms with Gasteiger partial charge in [0.2, 0.25) is 0 Å². The molecule has 0 aliphatic heterocycles. The zero-order valence-corrected chi connectivity index (χ0v) is 48.9. The molecule has 426 valence electrons. The van der Waals surface area contributed by atoms with Crippen molar-refractivity contribution in [3.8, 4) is 0 Å². The Morgan fingerprint density at radius 1 is 0.288 bits per heavy atom. The molecule has 0 saturated heterocycles. The van der Waals surface area contributed by atoms with E-state index >= 15 is 0 Å². The molecule has 0 radical (unpaired) electrons. The summed E-state index contributed by atoms with van der Waals surface area (Å²) in [5.41, 5.74) is 0. The second-order valence-electron chi connectivity index (χ2n) is 21.7. The van der Waals surface area contributed by atoms with Crippen molar-refractivity contribution in [2.24, 2.45) is 0 Å². The fourth-order valence-electron chi connectivity index (χ4n) is 9.56. The van der Waals surface area contributed by atoms with Gasteiger partial charge in [-0.05, 0) is 57.8 Å². The van der Waals surface area contributed by atoms with E-state index in [1.54, 1.807) is 0 Å². The maximum atomic E-state index is 12.8. The molecule has 0 N–H and O–H groups in total. The number of carbonyl (C=O) groups is 3. The minimum Gasteiger partial charge on any atom is -0.462 e. The van der Waals surface area contributed by atoms with E-state index in [4.69, 9.17) is 14.2 Å². The third-order valence-electron chi connectivity index (χ3n) is 14.3. The molecule has 0 heterocycles. The van der Waals surface area contributed by atoms with Gasteiger partial charge in [0.1, 0.15) is 13.2 Å². The van der Waals surface area contributed by atoms with Crippen LogP contribution in [0.2, 0.25) is 0 Å². The van der Waals surface area contributed by atoms with Gasteiger partial charge in [-0.2, -0.15) is 0 Å². The summed E-state index contributed by atoms with van der Waals surface area (Å²) in [7, 11) is 0. The van der Waals surface area contributed by atoms with Crippen LogP contribution in [0, 0.1) is 0 Å². The molecule has 1 unspecified atom stereocenters. The Hall–Kier alpha value is -2.63.